The van der Waals surface area contributed by atoms with Gasteiger partial charge in [-0.25, -0.2) is 9.78 Å². The molecule has 31 heavy (non-hydrogen) atoms. The largest absolute Gasteiger partial charge is 0.497 e. The molecule has 0 bridgehead atoms. The molecule has 0 aliphatic carbocycles. The van der Waals surface area contributed by atoms with Gasteiger partial charge < -0.3 is 23.5 Å². The van der Waals surface area contributed by atoms with Crippen LogP contribution in [0.25, 0.3) is 11.0 Å². The monoisotopic (exact) mass is 429 g/mol. The van der Waals surface area contributed by atoms with Crippen LogP contribution in [-0.4, -0.2) is 58.1 Å². The predicted octanol–water partition coefficient (Wildman–Crippen LogP) is 3.90. The first-order valence-electron chi connectivity index (χ1n) is 11.0. The third kappa shape index (κ3) is 5.06. The Morgan fingerprint density at radius 1 is 1.19 bits per heavy atom. The second-order valence-electron chi connectivity index (χ2n) is 10.5. The van der Waals surface area contributed by atoms with Crippen LogP contribution in [0.1, 0.15) is 60.5 Å². The van der Waals surface area contributed by atoms with Crippen LogP contribution in [0.3, 0.4) is 0 Å². The van der Waals surface area contributed by atoms with Gasteiger partial charge in [0.25, 0.3) is 0 Å². The van der Waals surface area contributed by atoms with Crippen molar-refractivity contribution in [3.63, 3.8) is 0 Å². The second kappa shape index (κ2) is 8.13. The summed E-state index contributed by atoms with van der Waals surface area (Å²) in [4.78, 5) is 18.4. The van der Waals surface area contributed by atoms with Crippen molar-refractivity contribution >= 4 is 29.7 Å². The fourth-order valence-electron chi connectivity index (χ4n) is 3.62. The molecule has 1 amide bonds. The molecule has 1 aromatic carbocycles. The summed E-state index contributed by atoms with van der Waals surface area (Å²) in [6.07, 6.45) is 2.32. The predicted molar refractivity (Wildman–Crippen MR) is 124 cm³/mol. The average Bonchev–Trinajstić information content (AvgIpc) is 3.10. The molecule has 1 aliphatic rings. The highest BCUT2D eigenvalue weighted by molar-refractivity contribution is 6.65. The molecule has 3 rings (SSSR count). The highest BCUT2D eigenvalue weighted by Gasteiger charge is 2.52. The highest BCUT2D eigenvalue weighted by atomic mass is 16.7. The summed E-state index contributed by atoms with van der Waals surface area (Å²) >= 11 is 0. The summed E-state index contributed by atoms with van der Waals surface area (Å²) in [6, 6.07) is 4.20. The zero-order valence-electron chi connectivity index (χ0n) is 20.4. The van der Waals surface area contributed by atoms with E-state index in [1.165, 1.54) is 0 Å². The Bertz CT molecular complexity index is 946. The van der Waals surface area contributed by atoms with Crippen molar-refractivity contribution in [3.05, 3.63) is 24.0 Å². The number of carbonyl (C=O) groups excluding carboxylic acids is 1. The molecule has 7 nitrogen and oxygen atoms in total. The lowest BCUT2D eigenvalue weighted by molar-refractivity contribution is 0.00578. The van der Waals surface area contributed by atoms with Crippen LogP contribution in [0.5, 0.6) is 0 Å². The molecule has 170 valence electrons. The maximum absolute atomic E-state index is 12.2. The molecule has 0 saturated carbocycles. The normalized spacial score (nSPS) is 17.9. The van der Waals surface area contributed by atoms with Crippen LogP contribution in [0.2, 0.25) is 0 Å². The minimum atomic E-state index is -0.499. The van der Waals surface area contributed by atoms with Gasteiger partial charge in [0.05, 0.1) is 28.6 Å². The van der Waals surface area contributed by atoms with E-state index in [9.17, 15) is 4.79 Å². The smallest absolute Gasteiger partial charge is 0.444 e. The summed E-state index contributed by atoms with van der Waals surface area (Å²) in [5, 5.41) is 0. The number of benzene rings is 1. The van der Waals surface area contributed by atoms with Gasteiger partial charge in [0.2, 0.25) is 0 Å². The summed E-state index contributed by atoms with van der Waals surface area (Å²) in [5.74, 6) is 0. The third-order valence-electron chi connectivity index (χ3n) is 5.99. The van der Waals surface area contributed by atoms with Crippen LogP contribution < -0.4 is 5.46 Å². The Morgan fingerprint density at radius 3 is 2.39 bits per heavy atom. The molecule has 0 N–H and O–H groups in total. The molecule has 0 spiro atoms. The summed E-state index contributed by atoms with van der Waals surface area (Å²) < 4.78 is 20.2. The van der Waals surface area contributed by atoms with Gasteiger partial charge in [-0.1, -0.05) is 6.07 Å². The van der Waals surface area contributed by atoms with Gasteiger partial charge in [0.1, 0.15) is 5.60 Å². The van der Waals surface area contributed by atoms with E-state index in [2.05, 4.69) is 56.3 Å². The Balaban J connectivity index is 1.78. The van der Waals surface area contributed by atoms with Crippen LogP contribution in [0, 0.1) is 6.92 Å². The molecule has 1 saturated heterocycles. The fourth-order valence-corrected chi connectivity index (χ4v) is 3.62. The molecular formula is C23H36BN3O4. The Hall–Kier alpha value is -2.06. The zero-order chi connectivity index (χ0) is 23.2. The van der Waals surface area contributed by atoms with E-state index in [4.69, 9.17) is 14.0 Å². The molecule has 1 fully saturated rings. The number of hydrogen-bond donors (Lipinski definition) is 0. The SMILES string of the molecule is Cc1cc(B2OC(C)(C)C(C)(C)O2)c2c(c1)ncn2CCCN(C)C(=O)OC(C)(C)C. The molecule has 0 unspecified atom stereocenters. The van der Waals surface area contributed by atoms with E-state index in [0.29, 0.717) is 6.54 Å². The quantitative estimate of drug-likeness (QED) is 0.675. The van der Waals surface area contributed by atoms with Crippen LogP contribution >= 0.6 is 0 Å². The van der Waals surface area contributed by atoms with Crippen molar-refractivity contribution in [2.75, 3.05) is 13.6 Å². The lowest BCUT2D eigenvalue weighted by Crippen LogP contribution is -2.41. The van der Waals surface area contributed by atoms with Crippen LogP contribution in [-0.2, 0) is 20.6 Å². The number of imidazole rings is 1. The number of hydrogen-bond acceptors (Lipinski definition) is 5. The van der Waals surface area contributed by atoms with Crippen LogP contribution in [0.4, 0.5) is 4.79 Å². The second-order valence-corrected chi connectivity index (χ2v) is 10.5. The number of ether oxygens (including phenoxy) is 1. The van der Waals surface area contributed by atoms with E-state index in [-0.39, 0.29) is 6.09 Å². The van der Waals surface area contributed by atoms with Gasteiger partial charge >= 0.3 is 13.2 Å². The van der Waals surface area contributed by atoms with Gasteiger partial charge in [0.15, 0.2) is 0 Å². The molecule has 0 radical (unpaired) electrons. The minimum Gasteiger partial charge on any atom is -0.444 e. The van der Waals surface area contributed by atoms with Gasteiger partial charge in [-0.15, -0.1) is 0 Å². The standard InChI is InChI=1S/C23H36BN3O4/c1-16-13-17(24-30-22(5,6)23(7,8)31-24)19-18(14-16)25-15-27(19)12-10-11-26(9)20(28)29-21(2,3)4/h13-15H,10-12H2,1-9H3. The summed E-state index contributed by atoms with van der Waals surface area (Å²) in [7, 11) is 1.31. The molecule has 0 atom stereocenters. The number of nitrogens with zero attached hydrogens (tertiary/aromatic N) is 3. The van der Waals surface area contributed by atoms with E-state index in [0.717, 1.165) is 35.0 Å². The van der Waals surface area contributed by atoms with Gasteiger partial charge in [-0.3, -0.25) is 0 Å². The highest BCUT2D eigenvalue weighted by Crippen LogP contribution is 2.37. The maximum Gasteiger partial charge on any atom is 0.497 e. The first-order valence-corrected chi connectivity index (χ1v) is 11.0. The van der Waals surface area contributed by atoms with Crippen molar-refractivity contribution in [1.29, 1.82) is 0 Å². The summed E-state index contributed by atoms with van der Waals surface area (Å²) in [6.45, 7) is 17.2. The molecule has 2 heterocycles. The van der Waals surface area contributed by atoms with Crippen molar-refractivity contribution in [2.45, 2.75) is 85.2 Å². The molecule has 1 aromatic heterocycles. The lowest BCUT2D eigenvalue weighted by Gasteiger charge is -2.32. The fraction of sp³-hybridized carbons (Fsp3) is 0.652. The first-order chi connectivity index (χ1) is 14.2. The van der Waals surface area contributed by atoms with Crippen molar-refractivity contribution < 1.29 is 18.8 Å². The van der Waals surface area contributed by atoms with E-state index in [1.807, 2.05) is 27.1 Å². The number of fused-ring (bicyclic) bond motifs is 1. The van der Waals surface area contributed by atoms with Crippen LogP contribution in [0.15, 0.2) is 18.5 Å². The minimum absolute atomic E-state index is 0.309. The Labute approximate surface area is 186 Å². The van der Waals surface area contributed by atoms with E-state index in [1.54, 1.807) is 11.9 Å². The van der Waals surface area contributed by atoms with Gasteiger partial charge in [-0.2, -0.15) is 0 Å². The first kappa shape index (κ1) is 23.6. The summed E-state index contributed by atoms with van der Waals surface area (Å²) in [5.41, 5.74) is 2.73. The number of rotatable bonds is 5. The maximum atomic E-state index is 12.2. The Kier molecular flexibility index (Phi) is 6.19. The average molecular weight is 429 g/mol. The number of aryl methyl sites for hydroxylation is 2. The number of carbonyl (C=O) groups is 1. The van der Waals surface area contributed by atoms with E-state index < -0.39 is 23.9 Å². The molecule has 1 aliphatic heterocycles. The van der Waals surface area contributed by atoms with Crippen molar-refractivity contribution in [3.8, 4) is 0 Å². The molecule has 8 heteroatoms. The zero-order valence-corrected chi connectivity index (χ0v) is 20.4. The van der Waals surface area contributed by atoms with Gasteiger partial charge in [0, 0.05) is 25.6 Å². The number of amides is 1. The van der Waals surface area contributed by atoms with Crippen molar-refractivity contribution in [2.24, 2.45) is 0 Å². The third-order valence-corrected chi connectivity index (χ3v) is 5.99. The molecular weight excluding hydrogens is 393 g/mol. The van der Waals surface area contributed by atoms with E-state index >= 15 is 0 Å². The lowest BCUT2D eigenvalue weighted by atomic mass is 9.77. The number of aromatic nitrogens is 2. The topological polar surface area (TPSA) is 65.8 Å². The molecule has 2 aromatic rings. The van der Waals surface area contributed by atoms with Gasteiger partial charge in [-0.05, 0) is 73.4 Å². The van der Waals surface area contributed by atoms with Crippen molar-refractivity contribution in [1.82, 2.24) is 14.5 Å². The Morgan fingerprint density at radius 2 is 1.81 bits per heavy atom.